The van der Waals surface area contributed by atoms with E-state index in [1.54, 1.807) is 43.3 Å². The molecule has 1 aromatic carbocycles. The average Bonchev–Trinajstić information content (AvgIpc) is 2.43. The fraction of sp³-hybridized carbons (Fsp3) is 0.214. The van der Waals surface area contributed by atoms with Crippen molar-refractivity contribution in [3.8, 4) is 5.75 Å². The molecular weight excluding hydrogens is 245 g/mol. The standard InChI is InChI=1S/C14H16FN3O/c1-3-19-11-8-7-10(16)14(13(11)15)18(2)12-6-4-5-9-17-12/h4-9H,3,16H2,1-2H3. The Morgan fingerprint density at radius 2 is 2.11 bits per heavy atom. The van der Waals surface area contributed by atoms with Gasteiger partial charge in [-0.2, -0.15) is 0 Å². The van der Waals surface area contributed by atoms with Crippen molar-refractivity contribution < 1.29 is 9.13 Å². The van der Waals surface area contributed by atoms with Crippen molar-refractivity contribution in [1.29, 1.82) is 0 Å². The van der Waals surface area contributed by atoms with Crippen LogP contribution in [-0.2, 0) is 0 Å². The number of halogens is 1. The SMILES string of the molecule is CCOc1ccc(N)c(N(C)c2ccccn2)c1F. The maximum atomic E-state index is 14.4. The van der Waals surface area contributed by atoms with Crippen LogP contribution in [0.5, 0.6) is 5.75 Å². The first-order valence-corrected chi connectivity index (χ1v) is 6.00. The van der Waals surface area contributed by atoms with Crippen molar-refractivity contribution in [2.75, 3.05) is 24.3 Å². The zero-order valence-corrected chi connectivity index (χ0v) is 10.9. The van der Waals surface area contributed by atoms with Gasteiger partial charge in [0.2, 0.25) is 0 Å². The maximum Gasteiger partial charge on any atom is 0.190 e. The molecule has 0 atom stereocenters. The molecule has 1 heterocycles. The van der Waals surface area contributed by atoms with Gasteiger partial charge in [-0.3, -0.25) is 0 Å². The Bertz CT molecular complexity index is 560. The lowest BCUT2D eigenvalue weighted by Gasteiger charge is -2.21. The van der Waals surface area contributed by atoms with Gasteiger partial charge in [-0.05, 0) is 31.2 Å². The molecule has 2 rings (SSSR count). The van der Waals surface area contributed by atoms with E-state index < -0.39 is 5.82 Å². The number of nitrogens with two attached hydrogens (primary N) is 1. The first kappa shape index (κ1) is 13.1. The molecule has 0 aliphatic carbocycles. The van der Waals surface area contributed by atoms with E-state index in [9.17, 15) is 4.39 Å². The van der Waals surface area contributed by atoms with Crippen LogP contribution < -0.4 is 15.4 Å². The van der Waals surface area contributed by atoms with E-state index in [0.717, 1.165) is 0 Å². The largest absolute Gasteiger partial charge is 0.491 e. The summed E-state index contributed by atoms with van der Waals surface area (Å²) in [6.07, 6.45) is 1.65. The molecular formula is C14H16FN3O. The lowest BCUT2D eigenvalue weighted by atomic mass is 10.2. The summed E-state index contributed by atoms with van der Waals surface area (Å²) >= 11 is 0. The topological polar surface area (TPSA) is 51.4 Å². The molecule has 0 fully saturated rings. The molecule has 0 radical (unpaired) electrons. The number of anilines is 3. The van der Waals surface area contributed by atoms with Gasteiger partial charge in [-0.15, -0.1) is 0 Å². The Hall–Kier alpha value is -2.30. The monoisotopic (exact) mass is 261 g/mol. The predicted molar refractivity (Wildman–Crippen MR) is 74.3 cm³/mol. The minimum atomic E-state index is -0.477. The number of rotatable bonds is 4. The summed E-state index contributed by atoms with van der Waals surface area (Å²) < 4.78 is 19.6. The third kappa shape index (κ3) is 2.59. The third-order valence-corrected chi connectivity index (χ3v) is 2.74. The predicted octanol–water partition coefficient (Wildman–Crippen LogP) is 2.97. The van der Waals surface area contributed by atoms with Gasteiger partial charge in [0.15, 0.2) is 11.6 Å². The van der Waals surface area contributed by atoms with Gasteiger partial charge in [-0.1, -0.05) is 6.07 Å². The fourth-order valence-electron chi connectivity index (χ4n) is 1.84. The summed E-state index contributed by atoms with van der Waals surface area (Å²) in [6, 6.07) is 8.58. The Balaban J connectivity index is 2.46. The van der Waals surface area contributed by atoms with Crippen LogP contribution in [-0.4, -0.2) is 18.6 Å². The van der Waals surface area contributed by atoms with Crippen LogP contribution in [0.1, 0.15) is 6.92 Å². The highest BCUT2D eigenvalue weighted by atomic mass is 19.1. The average molecular weight is 261 g/mol. The number of benzene rings is 1. The minimum absolute atomic E-state index is 0.189. The maximum absolute atomic E-state index is 14.4. The summed E-state index contributed by atoms with van der Waals surface area (Å²) in [5.74, 6) is 0.325. The molecule has 0 saturated carbocycles. The number of hydrogen-bond donors (Lipinski definition) is 1. The van der Waals surface area contributed by atoms with E-state index in [1.165, 1.54) is 6.07 Å². The number of ether oxygens (including phenoxy) is 1. The lowest BCUT2D eigenvalue weighted by Crippen LogP contribution is -2.15. The molecule has 1 aromatic heterocycles. The van der Waals surface area contributed by atoms with Gasteiger partial charge in [0.25, 0.3) is 0 Å². The summed E-state index contributed by atoms with van der Waals surface area (Å²) in [7, 11) is 1.72. The molecule has 5 heteroatoms. The van der Waals surface area contributed by atoms with Gasteiger partial charge in [0.1, 0.15) is 11.5 Å². The second kappa shape index (κ2) is 5.56. The van der Waals surface area contributed by atoms with Crippen molar-refractivity contribution in [2.24, 2.45) is 0 Å². The highest BCUT2D eigenvalue weighted by Gasteiger charge is 2.18. The molecule has 0 aliphatic rings. The van der Waals surface area contributed by atoms with Crippen molar-refractivity contribution in [1.82, 2.24) is 4.98 Å². The van der Waals surface area contributed by atoms with Crippen molar-refractivity contribution in [2.45, 2.75) is 6.92 Å². The summed E-state index contributed by atoms with van der Waals surface area (Å²) in [6.45, 7) is 2.20. The summed E-state index contributed by atoms with van der Waals surface area (Å²) in [5, 5.41) is 0. The minimum Gasteiger partial charge on any atom is -0.491 e. The second-order valence-electron chi connectivity index (χ2n) is 4.00. The molecule has 4 nitrogen and oxygen atoms in total. The van der Waals surface area contributed by atoms with Crippen LogP contribution in [0, 0.1) is 5.82 Å². The normalized spacial score (nSPS) is 10.3. The molecule has 0 amide bonds. The Morgan fingerprint density at radius 3 is 2.74 bits per heavy atom. The van der Waals surface area contributed by atoms with Crippen LogP contribution in [0.4, 0.5) is 21.6 Å². The number of nitrogens with zero attached hydrogens (tertiary/aromatic N) is 2. The smallest absolute Gasteiger partial charge is 0.190 e. The van der Waals surface area contributed by atoms with Gasteiger partial charge in [0.05, 0.1) is 12.3 Å². The van der Waals surface area contributed by atoms with Crippen LogP contribution in [0.3, 0.4) is 0 Å². The molecule has 0 bridgehead atoms. The summed E-state index contributed by atoms with van der Waals surface area (Å²) in [4.78, 5) is 5.78. The Morgan fingerprint density at radius 1 is 1.32 bits per heavy atom. The quantitative estimate of drug-likeness (QED) is 0.860. The van der Waals surface area contributed by atoms with Crippen molar-refractivity contribution in [3.63, 3.8) is 0 Å². The van der Waals surface area contributed by atoms with Crippen LogP contribution in [0.15, 0.2) is 36.5 Å². The molecule has 2 aromatic rings. The third-order valence-electron chi connectivity index (χ3n) is 2.74. The van der Waals surface area contributed by atoms with E-state index in [1.807, 2.05) is 6.07 Å². The molecule has 2 N–H and O–H groups in total. The lowest BCUT2D eigenvalue weighted by molar-refractivity contribution is 0.322. The summed E-state index contributed by atoms with van der Waals surface area (Å²) in [5.41, 5.74) is 6.47. The molecule has 0 aliphatic heterocycles. The first-order chi connectivity index (χ1) is 9.15. The zero-order chi connectivity index (χ0) is 13.8. The van der Waals surface area contributed by atoms with Crippen molar-refractivity contribution >= 4 is 17.2 Å². The highest BCUT2D eigenvalue weighted by molar-refractivity contribution is 5.75. The van der Waals surface area contributed by atoms with Crippen LogP contribution in [0.25, 0.3) is 0 Å². The van der Waals surface area contributed by atoms with Crippen molar-refractivity contribution in [3.05, 3.63) is 42.3 Å². The second-order valence-corrected chi connectivity index (χ2v) is 4.00. The van der Waals surface area contributed by atoms with Gasteiger partial charge >= 0.3 is 0 Å². The Labute approximate surface area is 111 Å². The number of pyridine rings is 1. The van der Waals surface area contributed by atoms with E-state index in [4.69, 9.17) is 10.5 Å². The number of nitrogen functional groups attached to an aromatic ring is 1. The van der Waals surface area contributed by atoms with E-state index in [-0.39, 0.29) is 11.4 Å². The van der Waals surface area contributed by atoms with Crippen LogP contribution >= 0.6 is 0 Å². The Kier molecular flexibility index (Phi) is 3.85. The fourth-order valence-corrected chi connectivity index (χ4v) is 1.84. The number of aromatic nitrogens is 1. The van der Waals surface area contributed by atoms with Gasteiger partial charge < -0.3 is 15.4 Å². The molecule has 0 unspecified atom stereocenters. The van der Waals surface area contributed by atoms with E-state index >= 15 is 0 Å². The molecule has 0 saturated heterocycles. The van der Waals surface area contributed by atoms with Gasteiger partial charge in [0, 0.05) is 13.2 Å². The number of hydrogen-bond acceptors (Lipinski definition) is 4. The molecule has 100 valence electrons. The van der Waals surface area contributed by atoms with Gasteiger partial charge in [-0.25, -0.2) is 9.37 Å². The van der Waals surface area contributed by atoms with Crippen LogP contribution in [0.2, 0.25) is 0 Å². The van der Waals surface area contributed by atoms with E-state index in [0.29, 0.717) is 18.1 Å². The zero-order valence-electron chi connectivity index (χ0n) is 10.9. The first-order valence-electron chi connectivity index (χ1n) is 6.00. The highest BCUT2D eigenvalue weighted by Crippen LogP contribution is 2.35. The molecule has 19 heavy (non-hydrogen) atoms. The van der Waals surface area contributed by atoms with E-state index in [2.05, 4.69) is 4.98 Å². The molecule has 0 spiro atoms.